The molecule has 0 aliphatic heterocycles. The zero-order chi connectivity index (χ0) is 14.5. The molecule has 0 unspecified atom stereocenters. The first-order valence-corrected chi connectivity index (χ1v) is 6.52. The van der Waals surface area contributed by atoms with Crippen LogP contribution in [0.2, 0.25) is 0 Å². The van der Waals surface area contributed by atoms with Crippen molar-refractivity contribution in [3.63, 3.8) is 0 Å². The van der Waals surface area contributed by atoms with Gasteiger partial charge in [-0.1, -0.05) is 20.8 Å². The number of amidine groups is 1. The minimum absolute atomic E-state index is 0.0550. The number of hydrogen-bond acceptors (Lipinski definition) is 3. The first kappa shape index (κ1) is 15.5. The number of benzene rings is 1. The molecule has 1 aromatic rings. The SMILES string of the molecule is CC(C)(C)[C@H](CCO)COc1ccc(C(=N)N)cc1. The van der Waals surface area contributed by atoms with Crippen molar-refractivity contribution in [3.05, 3.63) is 29.8 Å². The molecule has 4 heteroatoms. The number of ether oxygens (including phenoxy) is 1. The van der Waals surface area contributed by atoms with Crippen LogP contribution in [0.15, 0.2) is 24.3 Å². The summed E-state index contributed by atoms with van der Waals surface area (Å²) in [6.07, 6.45) is 0.731. The number of aliphatic hydroxyl groups is 1. The van der Waals surface area contributed by atoms with Crippen molar-refractivity contribution in [2.24, 2.45) is 17.1 Å². The van der Waals surface area contributed by atoms with Crippen LogP contribution < -0.4 is 10.5 Å². The fourth-order valence-electron chi connectivity index (χ4n) is 1.85. The Labute approximate surface area is 115 Å². The number of nitrogens with two attached hydrogens (primary N) is 1. The number of hydrogen-bond donors (Lipinski definition) is 3. The Morgan fingerprint density at radius 3 is 2.32 bits per heavy atom. The minimum atomic E-state index is 0.0550. The van der Waals surface area contributed by atoms with Crippen molar-refractivity contribution < 1.29 is 9.84 Å². The van der Waals surface area contributed by atoms with E-state index in [1.807, 2.05) is 12.1 Å². The highest BCUT2D eigenvalue weighted by atomic mass is 16.5. The van der Waals surface area contributed by atoms with E-state index in [9.17, 15) is 0 Å². The van der Waals surface area contributed by atoms with Crippen molar-refractivity contribution in [1.29, 1.82) is 5.41 Å². The van der Waals surface area contributed by atoms with Gasteiger partial charge in [0.1, 0.15) is 11.6 Å². The third-order valence-electron chi connectivity index (χ3n) is 3.32. The Balaban J connectivity index is 2.61. The zero-order valence-corrected chi connectivity index (χ0v) is 11.9. The van der Waals surface area contributed by atoms with Crippen molar-refractivity contribution in [3.8, 4) is 5.75 Å². The molecule has 0 aliphatic rings. The molecule has 0 amide bonds. The summed E-state index contributed by atoms with van der Waals surface area (Å²) in [5, 5.41) is 16.4. The van der Waals surface area contributed by atoms with Crippen LogP contribution in [0.5, 0.6) is 5.75 Å². The Kier molecular flexibility index (Phi) is 5.36. The monoisotopic (exact) mass is 264 g/mol. The highest BCUT2D eigenvalue weighted by Gasteiger charge is 2.24. The van der Waals surface area contributed by atoms with Gasteiger partial charge in [-0.05, 0) is 36.1 Å². The predicted molar refractivity (Wildman–Crippen MR) is 77.6 cm³/mol. The molecule has 1 aromatic carbocycles. The van der Waals surface area contributed by atoms with Crippen LogP contribution in [0, 0.1) is 16.7 Å². The van der Waals surface area contributed by atoms with E-state index < -0.39 is 0 Å². The van der Waals surface area contributed by atoms with Crippen molar-refractivity contribution in [2.75, 3.05) is 13.2 Å². The van der Waals surface area contributed by atoms with E-state index in [1.54, 1.807) is 12.1 Å². The Morgan fingerprint density at radius 1 is 1.32 bits per heavy atom. The van der Waals surface area contributed by atoms with Crippen molar-refractivity contribution >= 4 is 5.84 Å². The summed E-state index contributed by atoms with van der Waals surface area (Å²) in [4.78, 5) is 0. The van der Waals surface area contributed by atoms with E-state index in [1.165, 1.54) is 0 Å². The largest absolute Gasteiger partial charge is 0.493 e. The second-order valence-corrected chi connectivity index (χ2v) is 5.82. The normalized spacial score (nSPS) is 13.1. The molecule has 0 fully saturated rings. The second-order valence-electron chi connectivity index (χ2n) is 5.82. The molecule has 0 heterocycles. The third-order valence-corrected chi connectivity index (χ3v) is 3.32. The topological polar surface area (TPSA) is 79.3 Å². The van der Waals surface area contributed by atoms with Gasteiger partial charge in [0.15, 0.2) is 0 Å². The third kappa shape index (κ3) is 4.91. The van der Waals surface area contributed by atoms with E-state index >= 15 is 0 Å². The molecule has 1 atom stereocenters. The summed E-state index contributed by atoms with van der Waals surface area (Å²) in [6.45, 7) is 7.19. The second kappa shape index (κ2) is 6.57. The molecular weight excluding hydrogens is 240 g/mol. The Bertz CT molecular complexity index is 407. The van der Waals surface area contributed by atoms with E-state index in [2.05, 4.69) is 20.8 Å². The summed E-state index contributed by atoms with van der Waals surface area (Å²) >= 11 is 0. The van der Waals surface area contributed by atoms with Crippen LogP contribution in [0.25, 0.3) is 0 Å². The molecule has 0 bridgehead atoms. The maximum absolute atomic E-state index is 9.10. The number of aliphatic hydroxyl groups excluding tert-OH is 1. The average Bonchev–Trinajstić information content (AvgIpc) is 2.33. The molecule has 0 aliphatic carbocycles. The molecule has 0 radical (unpaired) electrons. The van der Waals surface area contributed by atoms with Crippen LogP contribution in [-0.4, -0.2) is 24.2 Å². The lowest BCUT2D eigenvalue weighted by Gasteiger charge is -2.30. The van der Waals surface area contributed by atoms with Crippen molar-refractivity contribution in [2.45, 2.75) is 27.2 Å². The molecule has 106 valence electrons. The van der Waals surface area contributed by atoms with Gasteiger partial charge in [0.05, 0.1) is 6.61 Å². The van der Waals surface area contributed by atoms with Gasteiger partial charge in [-0.15, -0.1) is 0 Å². The molecule has 0 saturated carbocycles. The maximum atomic E-state index is 9.10. The highest BCUT2D eigenvalue weighted by Crippen LogP contribution is 2.29. The average molecular weight is 264 g/mol. The standard InChI is InChI=1S/C15H24N2O2/c1-15(2,3)12(8-9-18)10-19-13-6-4-11(5-7-13)14(16)17/h4-7,12,18H,8-10H2,1-3H3,(H3,16,17)/t12-/m1/s1. The predicted octanol–water partition coefficient (Wildman–Crippen LogP) is 2.39. The van der Waals surface area contributed by atoms with Crippen molar-refractivity contribution in [1.82, 2.24) is 0 Å². The maximum Gasteiger partial charge on any atom is 0.122 e. The van der Waals surface area contributed by atoms with Gasteiger partial charge in [0.2, 0.25) is 0 Å². The minimum Gasteiger partial charge on any atom is -0.493 e. The first-order valence-electron chi connectivity index (χ1n) is 6.52. The number of nitrogens with one attached hydrogen (secondary N) is 1. The summed E-state index contributed by atoms with van der Waals surface area (Å²) < 4.78 is 5.76. The Hall–Kier alpha value is -1.55. The Morgan fingerprint density at radius 2 is 1.89 bits per heavy atom. The van der Waals surface area contributed by atoms with E-state index in [0.29, 0.717) is 18.1 Å². The van der Waals surface area contributed by atoms with Crippen LogP contribution in [0.3, 0.4) is 0 Å². The van der Waals surface area contributed by atoms with E-state index in [-0.39, 0.29) is 17.9 Å². The van der Waals surface area contributed by atoms with E-state index in [4.69, 9.17) is 21.0 Å². The van der Waals surface area contributed by atoms with Gasteiger partial charge < -0.3 is 15.6 Å². The van der Waals surface area contributed by atoms with Gasteiger partial charge in [-0.3, -0.25) is 5.41 Å². The van der Waals surface area contributed by atoms with Gasteiger partial charge in [-0.2, -0.15) is 0 Å². The molecule has 19 heavy (non-hydrogen) atoms. The van der Waals surface area contributed by atoms with Gasteiger partial charge in [0, 0.05) is 18.1 Å². The molecule has 0 spiro atoms. The fraction of sp³-hybridized carbons (Fsp3) is 0.533. The smallest absolute Gasteiger partial charge is 0.122 e. The molecule has 1 rings (SSSR count). The zero-order valence-electron chi connectivity index (χ0n) is 11.9. The number of nitrogen functional groups attached to an aromatic ring is 1. The highest BCUT2D eigenvalue weighted by molar-refractivity contribution is 5.94. The molecule has 0 saturated heterocycles. The van der Waals surface area contributed by atoms with Gasteiger partial charge >= 0.3 is 0 Å². The fourth-order valence-corrected chi connectivity index (χ4v) is 1.85. The lowest BCUT2D eigenvalue weighted by Crippen LogP contribution is -2.27. The summed E-state index contributed by atoms with van der Waals surface area (Å²) in [5.74, 6) is 1.11. The lowest BCUT2D eigenvalue weighted by molar-refractivity contribution is 0.114. The molecular formula is C15H24N2O2. The summed E-state index contributed by atoms with van der Waals surface area (Å²) in [7, 11) is 0. The van der Waals surface area contributed by atoms with E-state index in [0.717, 1.165) is 12.2 Å². The van der Waals surface area contributed by atoms with Gasteiger partial charge in [-0.25, -0.2) is 0 Å². The molecule has 4 nitrogen and oxygen atoms in total. The van der Waals surface area contributed by atoms with Gasteiger partial charge in [0.25, 0.3) is 0 Å². The molecule has 4 N–H and O–H groups in total. The first-order chi connectivity index (χ1) is 8.84. The quantitative estimate of drug-likeness (QED) is 0.545. The lowest BCUT2D eigenvalue weighted by atomic mass is 9.79. The summed E-state index contributed by atoms with van der Waals surface area (Å²) in [5.41, 5.74) is 6.19. The number of rotatable bonds is 6. The van der Waals surface area contributed by atoms with Crippen LogP contribution in [0.1, 0.15) is 32.8 Å². The van der Waals surface area contributed by atoms with Crippen LogP contribution >= 0.6 is 0 Å². The summed E-state index contributed by atoms with van der Waals surface area (Å²) in [6, 6.07) is 7.18. The molecule has 0 aromatic heterocycles. The van der Waals surface area contributed by atoms with Crippen LogP contribution in [-0.2, 0) is 0 Å². The van der Waals surface area contributed by atoms with Crippen LogP contribution in [0.4, 0.5) is 0 Å².